The molecular formula is C19H29N5O4S2. The van der Waals surface area contributed by atoms with Crippen molar-refractivity contribution in [1.29, 1.82) is 0 Å². The fourth-order valence-corrected chi connectivity index (χ4v) is 4.87. The molecule has 0 aliphatic carbocycles. The van der Waals surface area contributed by atoms with Gasteiger partial charge >= 0.3 is 0 Å². The molecule has 0 radical (unpaired) electrons. The molecule has 2 heterocycles. The molecule has 1 aliphatic heterocycles. The first-order chi connectivity index (χ1) is 13.7. The molecule has 0 atom stereocenters. The predicted octanol–water partition coefficient (Wildman–Crippen LogP) is 2.11. The van der Waals surface area contributed by atoms with Crippen molar-refractivity contribution < 1.29 is 17.8 Å². The van der Waals surface area contributed by atoms with E-state index in [1.54, 1.807) is 19.2 Å². The fourth-order valence-electron chi connectivity index (χ4n) is 3.44. The van der Waals surface area contributed by atoms with E-state index in [2.05, 4.69) is 10.3 Å². The Balaban J connectivity index is 2.04. The maximum Gasteiger partial charge on any atom is 0.237 e. The highest BCUT2D eigenvalue weighted by Crippen LogP contribution is 2.34. The average Bonchev–Trinajstić information content (AvgIpc) is 2.99. The van der Waals surface area contributed by atoms with Crippen LogP contribution in [0.25, 0.3) is 11.0 Å². The lowest BCUT2D eigenvalue weighted by molar-refractivity contribution is -0.864. The van der Waals surface area contributed by atoms with E-state index < -0.39 is 15.4 Å². The Morgan fingerprint density at radius 1 is 1.30 bits per heavy atom. The molecule has 0 saturated carbocycles. The maximum absolute atomic E-state index is 12.6. The molecule has 2 aromatic rings. The van der Waals surface area contributed by atoms with Crippen molar-refractivity contribution in [2.24, 2.45) is 0 Å². The Labute approximate surface area is 182 Å². The largest absolute Gasteiger partial charge is 0.633 e. The monoisotopic (exact) mass is 455 g/mol. The van der Waals surface area contributed by atoms with Crippen LogP contribution in [-0.4, -0.2) is 78.6 Å². The number of fused-ring (bicyclic) bond motifs is 1. The molecule has 11 heteroatoms. The van der Waals surface area contributed by atoms with Gasteiger partial charge in [-0.05, 0) is 18.3 Å². The number of thiocarbonyl (C=S) groups is 1. The van der Waals surface area contributed by atoms with Gasteiger partial charge in [0.25, 0.3) is 0 Å². The number of benzene rings is 1. The van der Waals surface area contributed by atoms with E-state index in [9.17, 15) is 13.6 Å². The number of methoxy groups -OCH3 is 1. The molecule has 3 rings (SSSR count). The molecule has 1 fully saturated rings. The number of nitrogens with zero attached hydrogens (tertiary/aromatic N) is 4. The van der Waals surface area contributed by atoms with Crippen molar-refractivity contribution in [3.63, 3.8) is 0 Å². The van der Waals surface area contributed by atoms with E-state index in [-0.39, 0.29) is 4.65 Å². The third-order valence-corrected chi connectivity index (χ3v) is 6.54. The van der Waals surface area contributed by atoms with Gasteiger partial charge in [0.2, 0.25) is 10.0 Å². The molecule has 1 aliphatic rings. The van der Waals surface area contributed by atoms with Gasteiger partial charge in [-0.3, -0.25) is 0 Å². The Morgan fingerprint density at radius 3 is 2.40 bits per heavy atom. The van der Waals surface area contributed by atoms with Gasteiger partial charge in [0.15, 0.2) is 5.11 Å². The zero-order valence-electron chi connectivity index (χ0n) is 18.2. The number of quaternary nitrogens is 1. The van der Waals surface area contributed by atoms with E-state index in [1.165, 1.54) is 11.1 Å². The van der Waals surface area contributed by atoms with Crippen LogP contribution in [0, 0.1) is 5.21 Å². The fraction of sp³-hybridized carbons (Fsp3) is 0.579. The molecule has 166 valence electrons. The SMILES string of the molecule is COc1cc2nc(C(C)(C)C)n(S(C)(=O)=O)c2cc1NC(=S)N1CC[N+](C)([O-])CC1. The summed E-state index contributed by atoms with van der Waals surface area (Å²) >= 11 is 5.54. The molecule has 1 aromatic heterocycles. The van der Waals surface area contributed by atoms with Crippen LogP contribution in [0.1, 0.15) is 26.6 Å². The van der Waals surface area contributed by atoms with E-state index in [4.69, 9.17) is 17.0 Å². The number of hydroxylamine groups is 3. The highest BCUT2D eigenvalue weighted by molar-refractivity contribution is 7.89. The number of likely N-dealkylation sites (N-methyl/N-ethyl adjacent to an activating group) is 1. The summed E-state index contributed by atoms with van der Waals surface area (Å²) in [6, 6.07) is 3.40. The molecule has 1 aromatic carbocycles. The number of hydrogen-bond acceptors (Lipinski definition) is 6. The number of piperazine rings is 1. The number of imidazole rings is 1. The normalized spacial score (nSPS) is 17.2. The van der Waals surface area contributed by atoms with Crippen LogP contribution in [0.3, 0.4) is 0 Å². The van der Waals surface area contributed by atoms with Gasteiger partial charge in [0, 0.05) is 11.5 Å². The Hall–Kier alpha value is -1.95. The number of hydrogen-bond donors (Lipinski definition) is 1. The summed E-state index contributed by atoms with van der Waals surface area (Å²) in [4.78, 5) is 6.52. The molecular weight excluding hydrogens is 426 g/mol. The summed E-state index contributed by atoms with van der Waals surface area (Å²) in [7, 11) is -0.399. The minimum absolute atomic E-state index is 0.280. The summed E-state index contributed by atoms with van der Waals surface area (Å²) < 4.78 is 31.7. The Bertz CT molecular complexity index is 1080. The molecule has 0 unspecified atom stereocenters. The van der Waals surface area contributed by atoms with E-state index >= 15 is 0 Å². The zero-order valence-corrected chi connectivity index (χ0v) is 19.9. The topological polar surface area (TPSA) is 99.5 Å². The van der Waals surface area contributed by atoms with Crippen molar-refractivity contribution in [3.8, 4) is 5.75 Å². The van der Waals surface area contributed by atoms with Gasteiger partial charge < -0.3 is 24.8 Å². The first kappa shape index (κ1) is 22.7. The minimum atomic E-state index is -3.59. The number of anilines is 1. The third-order valence-electron chi connectivity index (χ3n) is 5.15. The predicted molar refractivity (Wildman–Crippen MR) is 122 cm³/mol. The standard InChI is InChI=1S/C19H29N5O4S2/c1-19(2,3)17-20-13-12-16(28-5)14(11-15(13)23(17)30(6,26)27)21-18(29)22-7-9-24(4,25)10-8-22/h11-12H,7-10H2,1-6H3,(H,21,29). The Morgan fingerprint density at radius 2 is 1.90 bits per heavy atom. The third kappa shape index (κ3) is 4.53. The highest BCUT2D eigenvalue weighted by atomic mass is 32.2. The maximum atomic E-state index is 12.6. The first-order valence-corrected chi connectivity index (χ1v) is 11.9. The quantitative estimate of drug-likeness (QED) is 0.427. The second-order valence-electron chi connectivity index (χ2n) is 8.92. The number of ether oxygens (including phenoxy) is 1. The molecule has 30 heavy (non-hydrogen) atoms. The zero-order chi connectivity index (χ0) is 22.5. The van der Waals surface area contributed by atoms with Crippen LogP contribution >= 0.6 is 12.2 Å². The van der Waals surface area contributed by atoms with Gasteiger partial charge in [-0.1, -0.05) is 20.8 Å². The molecule has 0 bridgehead atoms. The van der Waals surface area contributed by atoms with Crippen molar-refractivity contribution in [1.82, 2.24) is 13.9 Å². The Kier molecular flexibility index (Phi) is 5.78. The number of aromatic nitrogens is 2. The number of nitrogens with one attached hydrogen (secondary N) is 1. The van der Waals surface area contributed by atoms with Crippen molar-refractivity contribution >= 4 is 44.1 Å². The van der Waals surface area contributed by atoms with Crippen molar-refractivity contribution in [2.75, 3.05) is 51.9 Å². The van der Waals surface area contributed by atoms with Crippen molar-refractivity contribution in [2.45, 2.75) is 26.2 Å². The summed E-state index contributed by atoms with van der Waals surface area (Å²) in [5, 5.41) is 15.7. The second-order valence-corrected chi connectivity index (χ2v) is 11.1. The summed E-state index contributed by atoms with van der Waals surface area (Å²) in [6.45, 7) is 7.75. The minimum Gasteiger partial charge on any atom is -0.633 e. The van der Waals surface area contributed by atoms with E-state index in [0.717, 1.165) is 6.26 Å². The lowest BCUT2D eigenvalue weighted by Gasteiger charge is -2.45. The lowest BCUT2D eigenvalue weighted by Crippen LogP contribution is -2.55. The van der Waals surface area contributed by atoms with Crippen molar-refractivity contribution in [3.05, 3.63) is 23.2 Å². The molecule has 0 spiro atoms. The van der Waals surface area contributed by atoms with Crippen LogP contribution in [-0.2, 0) is 15.4 Å². The molecule has 0 amide bonds. The van der Waals surface area contributed by atoms with Crippen LogP contribution in [0.15, 0.2) is 12.1 Å². The van der Waals surface area contributed by atoms with Gasteiger partial charge in [0.05, 0.1) is 63.3 Å². The van der Waals surface area contributed by atoms with Gasteiger partial charge in [0.1, 0.15) is 11.6 Å². The average molecular weight is 456 g/mol. The van der Waals surface area contributed by atoms with E-state index in [1.807, 2.05) is 25.7 Å². The van der Waals surface area contributed by atoms with Gasteiger partial charge in [-0.2, -0.15) is 0 Å². The molecule has 1 N–H and O–H groups in total. The van der Waals surface area contributed by atoms with Crippen LogP contribution < -0.4 is 10.1 Å². The lowest BCUT2D eigenvalue weighted by atomic mass is 9.96. The molecule has 9 nitrogen and oxygen atoms in total. The summed E-state index contributed by atoms with van der Waals surface area (Å²) in [5.74, 6) is 0.954. The van der Waals surface area contributed by atoms with Crippen LogP contribution in [0.4, 0.5) is 5.69 Å². The van der Waals surface area contributed by atoms with Gasteiger partial charge in [-0.25, -0.2) is 17.4 Å². The number of rotatable bonds is 3. The van der Waals surface area contributed by atoms with Crippen LogP contribution in [0.5, 0.6) is 5.75 Å². The first-order valence-electron chi connectivity index (χ1n) is 9.66. The van der Waals surface area contributed by atoms with Crippen LogP contribution in [0.2, 0.25) is 0 Å². The smallest absolute Gasteiger partial charge is 0.237 e. The molecule has 1 saturated heterocycles. The second kappa shape index (κ2) is 7.63. The summed E-state index contributed by atoms with van der Waals surface area (Å²) in [6.07, 6.45) is 1.16. The highest BCUT2D eigenvalue weighted by Gasteiger charge is 2.29. The summed E-state index contributed by atoms with van der Waals surface area (Å²) in [5.41, 5.74) is 1.05. The van der Waals surface area contributed by atoms with E-state index in [0.29, 0.717) is 59.6 Å². The van der Waals surface area contributed by atoms with Gasteiger partial charge in [-0.15, -0.1) is 0 Å².